The van der Waals surface area contributed by atoms with Crippen molar-refractivity contribution in [3.05, 3.63) is 25.0 Å². The molecule has 0 aliphatic carbocycles. The van der Waals surface area contributed by atoms with Crippen molar-refractivity contribution in [2.45, 2.75) is 12.8 Å². The second kappa shape index (κ2) is 3.65. The van der Waals surface area contributed by atoms with Crippen LogP contribution in [0.15, 0.2) is 25.0 Å². The quantitative estimate of drug-likeness (QED) is 0.386. The molecule has 1 atom stereocenters. The molecular formula is C10H12O4. The number of ether oxygens (including phenoxy) is 2. The molecule has 0 aromatic carbocycles. The van der Waals surface area contributed by atoms with E-state index in [1.165, 1.54) is 13.2 Å². The summed E-state index contributed by atoms with van der Waals surface area (Å²) in [7, 11) is 1.24. The number of rotatable bonds is 3. The first-order chi connectivity index (χ1) is 6.56. The summed E-state index contributed by atoms with van der Waals surface area (Å²) >= 11 is 0. The fourth-order valence-electron chi connectivity index (χ4n) is 1.51. The largest absolute Gasteiger partial charge is 0.468 e. The lowest BCUT2D eigenvalue weighted by atomic mass is 9.82. The first-order valence-electron chi connectivity index (χ1n) is 4.16. The van der Waals surface area contributed by atoms with E-state index in [9.17, 15) is 9.59 Å². The maximum atomic E-state index is 11.5. The number of hydrogen-bond donors (Lipinski definition) is 0. The van der Waals surface area contributed by atoms with Gasteiger partial charge in [-0.3, -0.25) is 9.59 Å². The molecule has 1 aliphatic rings. The summed E-state index contributed by atoms with van der Waals surface area (Å²) < 4.78 is 9.35. The highest BCUT2D eigenvalue weighted by molar-refractivity contribution is 6.02. The molecule has 4 heteroatoms. The monoisotopic (exact) mass is 196 g/mol. The number of methoxy groups -OCH3 is 1. The molecule has 1 heterocycles. The van der Waals surface area contributed by atoms with E-state index >= 15 is 0 Å². The first kappa shape index (κ1) is 10.5. The number of carbonyl (C=O) groups is 2. The van der Waals surface area contributed by atoms with Crippen LogP contribution in [-0.4, -0.2) is 19.0 Å². The molecule has 0 radical (unpaired) electrons. The minimum Gasteiger partial charge on any atom is -0.468 e. The van der Waals surface area contributed by atoms with Crippen LogP contribution in [0, 0.1) is 5.41 Å². The zero-order chi connectivity index (χ0) is 10.8. The average molecular weight is 196 g/mol. The molecule has 1 saturated heterocycles. The molecule has 0 saturated carbocycles. The molecule has 0 bridgehead atoms. The highest BCUT2D eigenvalue weighted by Crippen LogP contribution is 2.40. The predicted octanol–water partition coefficient (Wildman–Crippen LogP) is 1.18. The van der Waals surface area contributed by atoms with Crippen LogP contribution in [0.5, 0.6) is 0 Å². The molecule has 0 aromatic rings. The van der Waals surface area contributed by atoms with Gasteiger partial charge in [0.05, 0.1) is 7.11 Å². The lowest BCUT2D eigenvalue weighted by molar-refractivity contribution is -0.162. The van der Waals surface area contributed by atoms with Crippen LogP contribution in [0.25, 0.3) is 0 Å². The molecule has 4 nitrogen and oxygen atoms in total. The van der Waals surface area contributed by atoms with E-state index in [0.29, 0.717) is 5.76 Å². The van der Waals surface area contributed by atoms with Crippen molar-refractivity contribution < 1.29 is 19.1 Å². The molecule has 1 unspecified atom stereocenters. The van der Waals surface area contributed by atoms with Crippen molar-refractivity contribution in [2.24, 2.45) is 5.41 Å². The van der Waals surface area contributed by atoms with Gasteiger partial charge in [0.2, 0.25) is 0 Å². The summed E-state index contributed by atoms with van der Waals surface area (Å²) in [4.78, 5) is 22.9. The van der Waals surface area contributed by atoms with Crippen LogP contribution >= 0.6 is 0 Å². The number of esters is 2. The van der Waals surface area contributed by atoms with Crippen LogP contribution < -0.4 is 0 Å². The van der Waals surface area contributed by atoms with Crippen molar-refractivity contribution in [1.29, 1.82) is 0 Å². The first-order valence-corrected chi connectivity index (χ1v) is 4.16. The van der Waals surface area contributed by atoms with E-state index in [-0.39, 0.29) is 12.8 Å². The van der Waals surface area contributed by atoms with E-state index in [4.69, 9.17) is 4.74 Å². The Morgan fingerprint density at radius 2 is 2.43 bits per heavy atom. The third-order valence-electron chi connectivity index (χ3n) is 2.20. The van der Waals surface area contributed by atoms with Gasteiger partial charge in [0.25, 0.3) is 0 Å². The van der Waals surface area contributed by atoms with Crippen molar-refractivity contribution in [3.8, 4) is 0 Å². The second-order valence-corrected chi connectivity index (χ2v) is 3.17. The molecule has 1 aliphatic heterocycles. The van der Waals surface area contributed by atoms with Crippen LogP contribution in [0.2, 0.25) is 0 Å². The highest BCUT2D eigenvalue weighted by atomic mass is 16.6. The minimum absolute atomic E-state index is 0.171. The van der Waals surface area contributed by atoms with Gasteiger partial charge in [-0.2, -0.15) is 0 Å². The average Bonchev–Trinajstić information content (AvgIpc) is 2.42. The Labute approximate surface area is 82.2 Å². The summed E-state index contributed by atoms with van der Waals surface area (Å²) in [6.45, 7) is 7.01. The van der Waals surface area contributed by atoms with Crippen molar-refractivity contribution in [3.63, 3.8) is 0 Å². The normalized spacial score (nSPS) is 25.8. The van der Waals surface area contributed by atoms with Gasteiger partial charge in [-0.1, -0.05) is 12.7 Å². The van der Waals surface area contributed by atoms with Crippen LogP contribution in [0.1, 0.15) is 12.8 Å². The summed E-state index contributed by atoms with van der Waals surface area (Å²) in [5.41, 5.74) is -1.26. The summed E-state index contributed by atoms with van der Waals surface area (Å²) in [6.07, 6.45) is 1.87. The second-order valence-electron chi connectivity index (χ2n) is 3.17. The number of carbonyl (C=O) groups excluding carboxylic acids is 2. The fraction of sp³-hybridized carbons (Fsp3) is 0.400. The van der Waals surface area contributed by atoms with E-state index in [0.717, 1.165) is 0 Å². The topological polar surface area (TPSA) is 52.6 Å². The molecule has 76 valence electrons. The fourth-order valence-corrected chi connectivity index (χ4v) is 1.51. The van der Waals surface area contributed by atoms with Crippen LogP contribution in [-0.2, 0) is 19.1 Å². The van der Waals surface area contributed by atoms with Crippen molar-refractivity contribution in [2.75, 3.05) is 7.11 Å². The van der Waals surface area contributed by atoms with Gasteiger partial charge in [0, 0.05) is 6.42 Å². The Bertz CT molecular complexity index is 305. The van der Waals surface area contributed by atoms with E-state index in [1.807, 2.05) is 0 Å². The maximum Gasteiger partial charge on any atom is 0.329 e. The van der Waals surface area contributed by atoms with Gasteiger partial charge < -0.3 is 9.47 Å². The van der Waals surface area contributed by atoms with E-state index in [2.05, 4.69) is 17.9 Å². The molecule has 0 aromatic heterocycles. The Morgan fingerprint density at radius 1 is 1.79 bits per heavy atom. The van der Waals surface area contributed by atoms with Crippen LogP contribution in [0.3, 0.4) is 0 Å². The third-order valence-corrected chi connectivity index (χ3v) is 2.20. The molecule has 1 rings (SSSR count). The third kappa shape index (κ3) is 1.43. The zero-order valence-corrected chi connectivity index (χ0v) is 8.04. The molecule has 14 heavy (non-hydrogen) atoms. The van der Waals surface area contributed by atoms with Gasteiger partial charge in [-0.05, 0) is 6.42 Å². The van der Waals surface area contributed by atoms with E-state index < -0.39 is 17.4 Å². The zero-order valence-electron chi connectivity index (χ0n) is 8.04. The van der Waals surface area contributed by atoms with Gasteiger partial charge in [-0.25, -0.2) is 0 Å². The summed E-state index contributed by atoms with van der Waals surface area (Å²) in [5.74, 6) is -0.905. The molecule has 1 fully saturated rings. The lowest BCUT2D eigenvalue weighted by Crippen LogP contribution is -2.36. The Morgan fingerprint density at radius 3 is 2.79 bits per heavy atom. The van der Waals surface area contributed by atoms with Gasteiger partial charge >= 0.3 is 11.9 Å². The van der Waals surface area contributed by atoms with Crippen molar-refractivity contribution >= 4 is 11.9 Å². The highest BCUT2D eigenvalue weighted by Gasteiger charge is 2.53. The Kier molecular flexibility index (Phi) is 2.74. The number of hydrogen-bond acceptors (Lipinski definition) is 4. The molecule has 0 N–H and O–H groups in total. The smallest absolute Gasteiger partial charge is 0.329 e. The van der Waals surface area contributed by atoms with Gasteiger partial charge in [-0.15, -0.1) is 6.58 Å². The Balaban J connectivity index is 3.04. The lowest BCUT2D eigenvalue weighted by Gasteiger charge is -2.18. The SMILES string of the molecule is C=CCC1(C(=O)OC)CC(=C)OC1=O. The summed E-state index contributed by atoms with van der Waals surface area (Å²) in [5, 5.41) is 0. The molecule has 0 amide bonds. The van der Waals surface area contributed by atoms with E-state index in [1.54, 1.807) is 0 Å². The standard InChI is InChI=1S/C10H12O4/c1-4-5-10(8(11)13-3)6-7(2)14-9(10)12/h4H,1-2,5-6H2,3H3. The van der Waals surface area contributed by atoms with Crippen molar-refractivity contribution in [1.82, 2.24) is 0 Å². The maximum absolute atomic E-state index is 11.5. The number of cyclic esters (lactones) is 1. The Hall–Kier alpha value is -1.58. The number of allylic oxidation sites excluding steroid dienone is 2. The van der Waals surface area contributed by atoms with Gasteiger partial charge in [0.15, 0.2) is 5.41 Å². The van der Waals surface area contributed by atoms with Gasteiger partial charge in [0.1, 0.15) is 5.76 Å². The molecule has 0 spiro atoms. The molecular weight excluding hydrogens is 184 g/mol. The minimum atomic E-state index is -1.26. The van der Waals surface area contributed by atoms with Crippen LogP contribution in [0.4, 0.5) is 0 Å². The predicted molar refractivity (Wildman–Crippen MR) is 49.1 cm³/mol. The summed E-state index contributed by atoms with van der Waals surface area (Å²) in [6, 6.07) is 0.